The molecule has 0 saturated carbocycles. The number of carbonyl (C=O) groups excluding carboxylic acids is 1. The molecule has 134 valence electrons. The molecule has 2 aliphatic rings. The molecule has 4 rings (SSSR count). The maximum Gasteiger partial charge on any atom is 0.253 e. The Morgan fingerprint density at radius 3 is 2.62 bits per heavy atom. The monoisotopic (exact) mass is 347 g/mol. The van der Waals surface area contributed by atoms with Gasteiger partial charge in [-0.3, -0.25) is 4.79 Å². The van der Waals surface area contributed by atoms with Gasteiger partial charge in [-0.2, -0.15) is 0 Å². The summed E-state index contributed by atoms with van der Waals surface area (Å²) in [5.41, 5.74) is 5.38. The van der Waals surface area contributed by atoms with Crippen molar-refractivity contribution in [3.05, 3.63) is 71.3 Å². The van der Waals surface area contributed by atoms with E-state index in [2.05, 4.69) is 72.1 Å². The van der Waals surface area contributed by atoms with Crippen LogP contribution < -0.4 is 15.5 Å². The minimum atomic E-state index is -0.0449. The fourth-order valence-corrected chi connectivity index (χ4v) is 4.26. The lowest BCUT2D eigenvalue weighted by Gasteiger charge is -2.38. The highest BCUT2D eigenvalue weighted by atomic mass is 16.1. The molecule has 4 heteroatoms. The van der Waals surface area contributed by atoms with Crippen molar-refractivity contribution in [1.29, 1.82) is 0 Å². The van der Waals surface area contributed by atoms with Crippen LogP contribution in [0.1, 0.15) is 39.9 Å². The first-order valence-electron chi connectivity index (χ1n) is 9.15. The van der Waals surface area contributed by atoms with E-state index < -0.39 is 0 Å². The molecule has 0 fully saturated rings. The number of nitrogens with one attached hydrogen (secondary N) is 2. The van der Waals surface area contributed by atoms with Gasteiger partial charge in [-0.25, -0.2) is 0 Å². The molecular weight excluding hydrogens is 322 g/mol. The van der Waals surface area contributed by atoms with Gasteiger partial charge in [-0.1, -0.05) is 36.4 Å². The summed E-state index contributed by atoms with van der Waals surface area (Å²) in [4.78, 5) is 14.5. The van der Waals surface area contributed by atoms with Gasteiger partial charge in [0.15, 0.2) is 0 Å². The van der Waals surface area contributed by atoms with Crippen LogP contribution in [0.5, 0.6) is 0 Å². The molecule has 0 saturated heterocycles. The Labute approximate surface area is 154 Å². The second-order valence-electron chi connectivity index (χ2n) is 7.31. The summed E-state index contributed by atoms with van der Waals surface area (Å²) in [6.07, 6.45) is 5.64. The molecule has 0 bridgehead atoms. The molecule has 0 radical (unpaired) electrons. The summed E-state index contributed by atoms with van der Waals surface area (Å²) in [6.45, 7) is 0. The van der Waals surface area contributed by atoms with Crippen LogP contribution in [0.15, 0.2) is 54.6 Å². The van der Waals surface area contributed by atoms with E-state index in [1.165, 1.54) is 16.8 Å². The van der Waals surface area contributed by atoms with E-state index in [0.717, 1.165) is 17.7 Å². The maximum absolute atomic E-state index is 12.4. The molecule has 2 aromatic carbocycles. The van der Waals surface area contributed by atoms with E-state index in [1.807, 2.05) is 12.1 Å². The number of hydrogen-bond donors (Lipinski definition) is 2. The molecule has 1 amide bonds. The molecule has 4 nitrogen and oxygen atoms in total. The van der Waals surface area contributed by atoms with Crippen LogP contribution in [-0.4, -0.2) is 27.1 Å². The molecule has 3 unspecified atom stereocenters. The van der Waals surface area contributed by atoms with E-state index in [4.69, 9.17) is 0 Å². The minimum absolute atomic E-state index is 0.0449. The van der Waals surface area contributed by atoms with E-state index in [9.17, 15) is 4.79 Å². The first-order chi connectivity index (χ1) is 12.6. The molecule has 0 spiro atoms. The second kappa shape index (κ2) is 6.52. The standard InChI is InChI=1S/C22H25N3O/c1-23-22(26)19-9-5-8-18-16-6-4-7-17(16)20(24-21(18)19)14-10-12-15(13-11-14)25(2)3/h4-6,8-13,16-17,20,24H,7H2,1-3H3,(H,23,26). The van der Waals surface area contributed by atoms with Crippen molar-refractivity contribution in [2.24, 2.45) is 5.92 Å². The number of hydrogen-bond acceptors (Lipinski definition) is 3. The number of allylic oxidation sites excluding steroid dienone is 2. The van der Waals surface area contributed by atoms with Gasteiger partial charge in [0.2, 0.25) is 0 Å². The van der Waals surface area contributed by atoms with Gasteiger partial charge in [-0.15, -0.1) is 0 Å². The van der Waals surface area contributed by atoms with Gasteiger partial charge in [-0.05, 0) is 41.7 Å². The fourth-order valence-electron chi connectivity index (χ4n) is 4.26. The van der Waals surface area contributed by atoms with Crippen LogP contribution in [0.3, 0.4) is 0 Å². The Hall–Kier alpha value is -2.75. The molecule has 1 heterocycles. The van der Waals surface area contributed by atoms with Gasteiger partial charge < -0.3 is 15.5 Å². The zero-order chi connectivity index (χ0) is 18.3. The maximum atomic E-state index is 12.4. The summed E-state index contributed by atoms with van der Waals surface area (Å²) >= 11 is 0. The Balaban J connectivity index is 1.76. The molecule has 0 aromatic heterocycles. The number of fused-ring (bicyclic) bond motifs is 3. The highest BCUT2D eigenvalue weighted by Crippen LogP contribution is 2.50. The normalized spacial score (nSPS) is 23.0. The van der Waals surface area contributed by atoms with Crippen LogP contribution in [0.25, 0.3) is 0 Å². The Morgan fingerprint density at radius 1 is 1.15 bits per heavy atom. The lowest BCUT2D eigenvalue weighted by molar-refractivity contribution is 0.0963. The van der Waals surface area contributed by atoms with Crippen molar-refractivity contribution in [3.8, 4) is 0 Å². The molecule has 1 aliphatic heterocycles. The van der Waals surface area contributed by atoms with Gasteiger partial charge in [0.05, 0.1) is 17.3 Å². The van der Waals surface area contributed by atoms with Crippen molar-refractivity contribution in [2.75, 3.05) is 31.4 Å². The summed E-state index contributed by atoms with van der Waals surface area (Å²) in [7, 11) is 5.79. The van der Waals surface area contributed by atoms with Crippen LogP contribution in [0, 0.1) is 5.92 Å². The lowest BCUT2D eigenvalue weighted by atomic mass is 9.76. The number of benzene rings is 2. The average molecular weight is 347 g/mol. The van der Waals surface area contributed by atoms with Crippen LogP contribution >= 0.6 is 0 Å². The van der Waals surface area contributed by atoms with Crippen LogP contribution in [0.2, 0.25) is 0 Å². The van der Waals surface area contributed by atoms with Crippen molar-refractivity contribution >= 4 is 17.3 Å². The molecule has 1 aliphatic carbocycles. The van der Waals surface area contributed by atoms with Crippen LogP contribution in [0.4, 0.5) is 11.4 Å². The Morgan fingerprint density at radius 2 is 1.92 bits per heavy atom. The SMILES string of the molecule is CNC(=O)c1cccc2c1NC(c1ccc(N(C)C)cc1)C1CC=CC21. The molecule has 3 atom stereocenters. The smallest absolute Gasteiger partial charge is 0.253 e. The molecule has 2 N–H and O–H groups in total. The zero-order valence-corrected chi connectivity index (χ0v) is 15.5. The average Bonchev–Trinajstić information content (AvgIpc) is 3.16. The van der Waals surface area contributed by atoms with E-state index in [0.29, 0.717) is 11.8 Å². The third-order valence-corrected chi connectivity index (χ3v) is 5.64. The van der Waals surface area contributed by atoms with Crippen molar-refractivity contribution in [3.63, 3.8) is 0 Å². The quantitative estimate of drug-likeness (QED) is 0.827. The second-order valence-corrected chi connectivity index (χ2v) is 7.31. The highest BCUT2D eigenvalue weighted by Gasteiger charge is 2.39. The Bertz CT molecular complexity index is 854. The number of nitrogens with zero attached hydrogens (tertiary/aromatic N) is 1. The van der Waals surface area contributed by atoms with E-state index >= 15 is 0 Å². The number of carbonyl (C=O) groups is 1. The summed E-state index contributed by atoms with van der Waals surface area (Å²) < 4.78 is 0. The lowest BCUT2D eigenvalue weighted by Crippen LogP contribution is -2.31. The number of rotatable bonds is 3. The van der Waals surface area contributed by atoms with Gasteiger partial charge in [0.25, 0.3) is 5.91 Å². The Kier molecular flexibility index (Phi) is 4.19. The van der Waals surface area contributed by atoms with Crippen molar-refractivity contribution < 1.29 is 4.79 Å². The summed E-state index contributed by atoms with van der Waals surface area (Å²) in [5, 5.41) is 6.47. The largest absolute Gasteiger partial charge is 0.378 e. The summed E-state index contributed by atoms with van der Waals surface area (Å²) in [6, 6.07) is 15.0. The number of anilines is 2. The zero-order valence-electron chi connectivity index (χ0n) is 15.5. The predicted molar refractivity (Wildman–Crippen MR) is 107 cm³/mol. The molecule has 2 aromatic rings. The van der Waals surface area contributed by atoms with Gasteiger partial charge in [0, 0.05) is 32.7 Å². The van der Waals surface area contributed by atoms with Crippen molar-refractivity contribution in [1.82, 2.24) is 5.32 Å². The first kappa shape index (κ1) is 16.7. The van der Waals surface area contributed by atoms with E-state index in [1.54, 1.807) is 7.05 Å². The van der Waals surface area contributed by atoms with Crippen LogP contribution in [-0.2, 0) is 0 Å². The number of amides is 1. The van der Waals surface area contributed by atoms with E-state index in [-0.39, 0.29) is 11.9 Å². The molecular formula is C22H25N3O. The minimum Gasteiger partial charge on any atom is -0.378 e. The first-order valence-corrected chi connectivity index (χ1v) is 9.15. The molecule has 26 heavy (non-hydrogen) atoms. The number of para-hydroxylation sites is 1. The third kappa shape index (κ3) is 2.66. The highest BCUT2D eigenvalue weighted by molar-refractivity contribution is 6.00. The predicted octanol–water partition coefficient (Wildman–Crippen LogP) is 3.94. The van der Waals surface area contributed by atoms with Gasteiger partial charge >= 0.3 is 0 Å². The third-order valence-electron chi connectivity index (χ3n) is 5.64. The summed E-state index contributed by atoms with van der Waals surface area (Å²) in [5.74, 6) is 0.790. The van der Waals surface area contributed by atoms with Gasteiger partial charge in [0.1, 0.15) is 0 Å². The topological polar surface area (TPSA) is 44.4 Å². The van der Waals surface area contributed by atoms with Crippen molar-refractivity contribution in [2.45, 2.75) is 18.4 Å². The fraction of sp³-hybridized carbons (Fsp3) is 0.318.